The number of benzene rings is 2. The maximum Gasteiger partial charge on any atom is 0.409 e. The van der Waals surface area contributed by atoms with Gasteiger partial charge in [0.05, 0.1) is 18.1 Å². The molecule has 0 aliphatic carbocycles. The van der Waals surface area contributed by atoms with Gasteiger partial charge in [-0.25, -0.2) is 13.2 Å². The van der Waals surface area contributed by atoms with Gasteiger partial charge in [-0.1, -0.05) is 13.8 Å². The molecular formula is C24H31N3O6S. The molecule has 1 aliphatic heterocycles. The fraction of sp³-hybridized carbons (Fsp3) is 0.417. The first-order chi connectivity index (χ1) is 16.2. The molecule has 10 heteroatoms. The molecule has 0 spiro atoms. The molecule has 2 aromatic carbocycles. The number of piperazine rings is 1. The molecule has 2 amide bonds. The Morgan fingerprint density at radius 2 is 1.53 bits per heavy atom. The van der Waals surface area contributed by atoms with Gasteiger partial charge >= 0.3 is 6.09 Å². The number of hydrogen-bond acceptors (Lipinski definition) is 6. The Bertz CT molecular complexity index is 1080. The molecule has 0 radical (unpaired) electrons. The van der Waals surface area contributed by atoms with Crippen molar-refractivity contribution in [1.82, 2.24) is 9.80 Å². The van der Waals surface area contributed by atoms with Crippen molar-refractivity contribution in [3.63, 3.8) is 0 Å². The second kappa shape index (κ2) is 11.2. The van der Waals surface area contributed by atoms with Gasteiger partial charge in [0, 0.05) is 37.4 Å². The number of carbonyl (C=O) groups excluding carboxylic acids is 2. The summed E-state index contributed by atoms with van der Waals surface area (Å²) in [5, 5.41) is 0. The lowest BCUT2D eigenvalue weighted by Crippen LogP contribution is -2.50. The molecule has 1 fully saturated rings. The van der Waals surface area contributed by atoms with Gasteiger partial charge in [-0.05, 0) is 61.4 Å². The fourth-order valence-electron chi connectivity index (χ4n) is 3.38. The minimum Gasteiger partial charge on any atom is -0.494 e. The number of ether oxygens (including phenoxy) is 2. The van der Waals surface area contributed by atoms with Crippen LogP contribution in [0.5, 0.6) is 5.75 Å². The van der Waals surface area contributed by atoms with E-state index in [0.29, 0.717) is 56.4 Å². The first-order valence-corrected chi connectivity index (χ1v) is 12.7. The lowest BCUT2D eigenvalue weighted by atomic mass is 10.1. The van der Waals surface area contributed by atoms with Crippen LogP contribution in [0.1, 0.15) is 31.1 Å². The molecule has 184 valence electrons. The SMILES string of the molecule is CCOc1ccc(S(=O)(=O)Nc2ccc(C(=O)N3CCN(C(=O)OCC(C)C)CC3)cc2)cc1. The molecule has 0 saturated carbocycles. The Morgan fingerprint density at radius 1 is 0.941 bits per heavy atom. The zero-order chi connectivity index (χ0) is 24.7. The number of hydrogen-bond donors (Lipinski definition) is 1. The molecular weight excluding hydrogens is 458 g/mol. The Balaban J connectivity index is 1.56. The van der Waals surface area contributed by atoms with Crippen molar-refractivity contribution in [3.05, 3.63) is 54.1 Å². The zero-order valence-corrected chi connectivity index (χ0v) is 20.5. The van der Waals surface area contributed by atoms with Crippen LogP contribution < -0.4 is 9.46 Å². The van der Waals surface area contributed by atoms with E-state index in [1.165, 1.54) is 12.1 Å². The number of amides is 2. The van der Waals surface area contributed by atoms with Crippen LogP contribution >= 0.6 is 0 Å². The molecule has 0 aromatic heterocycles. The summed E-state index contributed by atoms with van der Waals surface area (Å²) in [7, 11) is -3.77. The number of anilines is 1. The second-order valence-electron chi connectivity index (χ2n) is 8.34. The summed E-state index contributed by atoms with van der Waals surface area (Å²) in [5.41, 5.74) is 0.794. The summed E-state index contributed by atoms with van der Waals surface area (Å²) in [5.74, 6) is 0.689. The van der Waals surface area contributed by atoms with Crippen molar-refractivity contribution in [3.8, 4) is 5.75 Å². The van der Waals surface area contributed by atoms with E-state index in [2.05, 4.69) is 4.72 Å². The van der Waals surface area contributed by atoms with E-state index in [1.54, 1.807) is 46.2 Å². The van der Waals surface area contributed by atoms with Crippen LogP contribution in [0.2, 0.25) is 0 Å². The Labute approximate surface area is 200 Å². The van der Waals surface area contributed by atoms with Gasteiger partial charge in [0.15, 0.2) is 0 Å². The average molecular weight is 490 g/mol. The van der Waals surface area contributed by atoms with Crippen molar-refractivity contribution in [2.75, 3.05) is 44.1 Å². The molecule has 0 unspecified atom stereocenters. The van der Waals surface area contributed by atoms with Gasteiger partial charge in [0.2, 0.25) is 0 Å². The monoisotopic (exact) mass is 489 g/mol. The predicted molar refractivity (Wildman–Crippen MR) is 129 cm³/mol. The highest BCUT2D eigenvalue weighted by Crippen LogP contribution is 2.20. The van der Waals surface area contributed by atoms with Crippen molar-refractivity contribution in [2.24, 2.45) is 5.92 Å². The summed E-state index contributed by atoms with van der Waals surface area (Å²) in [6, 6.07) is 12.4. The highest BCUT2D eigenvalue weighted by atomic mass is 32.2. The average Bonchev–Trinajstić information content (AvgIpc) is 2.83. The van der Waals surface area contributed by atoms with E-state index in [0.717, 1.165) is 0 Å². The molecule has 1 heterocycles. The zero-order valence-electron chi connectivity index (χ0n) is 19.7. The topological polar surface area (TPSA) is 105 Å². The molecule has 3 rings (SSSR count). The van der Waals surface area contributed by atoms with E-state index in [-0.39, 0.29) is 22.8 Å². The third-order valence-corrected chi connectivity index (χ3v) is 6.59. The van der Waals surface area contributed by atoms with Gasteiger partial charge < -0.3 is 19.3 Å². The maximum absolute atomic E-state index is 12.8. The lowest BCUT2D eigenvalue weighted by Gasteiger charge is -2.34. The van der Waals surface area contributed by atoms with Gasteiger partial charge in [0.25, 0.3) is 15.9 Å². The van der Waals surface area contributed by atoms with E-state index in [4.69, 9.17) is 9.47 Å². The van der Waals surface area contributed by atoms with E-state index in [9.17, 15) is 18.0 Å². The summed E-state index contributed by atoms with van der Waals surface area (Å²) >= 11 is 0. The molecule has 2 aromatic rings. The summed E-state index contributed by atoms with van der Waals surface area (Å²) in [4.78, 5) is 28.3. The molecule has 0 atom stereocenters. The number of carbonyl (C=O) groups is 2. The third kappa shape index (κ3) is 6.63. The summed E-state index contributed by atoms with van der Waals surface area (Å²) in [6.45, 7) is 8.28. The molecule has 34 heavy (non-hydrogen) atoms. The van der Waals surface area contributed by atoms with Crippen molar-refractivity contribution < 1.29 is 27.5 Å². The van der Waals surface area contributed by atoms with Gasteiger partial charge in [0.1, 0.15) is 5.75 Å². The van der Waals surface area contributed by atoms with Crippen LogP contribution in [0, 0.1) is 5.92 Å². The van der Waals surface area contributed by atoms with Crippen LogP contribution in [-0.4, -0.2) is 69.6 Å². The van der Waals surface area contributed by atoms with Gasteiger partial charge in [-0.3, -0.25) is 9.52 Å². The van der Waals surface area contributed by atoms with Crippen molar-refractivity contribution >= 4 is 27.7 Å². The normalized spacial score (nSPS) is 14.1. The number of rotatable bonds is 8. The van der Waals surface area contributed by atoms with Crippen molar-refractivity contribution in [2.45, 2.75) is 25.7 Å². The fourth-order valence-corrected chi connectivity index (χ4v) is 4.44. The number of sulfonamides is 1. The number of nitrogens with zero attached hydrogens (tertiary/aromatic N) is 2. The largest absolute Gasteiger partial charge is 0.494 e. The van der Waals surface area contributed by atoms with E-state index in [1.807, 2.05) is 20.8 Å². The van der Waals surface area contributed by atoms with Crippen LogP contribution in [0.25, 0.3) is 0 Å². The number of nitrogens with one attached hydrogen (secondary N) is 1. The second-order valence-corrected chi connectivity index (χ2v) is 10.0. The Hall–Kier alpha value is -3.27. The van der Waals surface area contributed by atoms with Gasteiger partial charge in [-0.15, -0.1) is 0 Å². The van der Waals surface area contributed by atoms with E-state index < -0.39 is 10.0 Å². The highest BCUT2D eigenvalue weighted by Gasteiger charge is 2.26. The minimum absolute atomic E-state index is 0.112. The standard InChI is InChI=1S/C24H31N3O6S/c1-4-32-21-9-11-22(12-10-21)34(30,31)25-20-7-5-19(6-8-20)23(28)26-13-15-27(16-14-26)24(29)33-17-18(2)3/h5-12,18,25H,4,13-17H2,1-3H3. The predicted octanol–water partition coefficient (Wildman–Crippen LogP) is 3.44. The van der Waals surface area contributed by atoms with E-state index >= 15 is 0 Å². The summed E-state index contributed by atoms with van der Waals surface area (Å²) in [6.07, 6.45) is -0.357. The molecule has 9 nitrogen and oxygen atoms in total. The molecule has 0 bridgehead atoms. The van der Waals surface area contributed by atoms with Crippen LogP contribution in [0.3, 0.4) is 0 Å². The molecule has 1 saturated heterocycles. The van der Waals surface area contributed by atoms with Gasteiger partial charge in [-0.2, -0.15) is 0 Å². The van der Waals surface area contributed by atoms with Crippen molar-refractivity contribution in [1.29, 1.82) is 0 Å². The molecule has 1 N–H and O–H groups in total. The van der Waals surface area contributed by atoms with Crippen LogP contribution in [0.15, 0.2) is 53.4 Å². The first kappa shape index (κ1) is 25.4. The summed E-state index contributed by atoms with van der Waals surface area (Å²) < 4.78 is 38.4. The maximum atomic E-state index is 12.8. The lowest BCUT2D eigenvalue weighted by molar-refractivity contribution is 0.0535. The highest BCUT2D eigenvalue weighted by molar-refractivity contribution is 7.92. The van der Waals surface area contributed by atoms with Crippen LogP contribution in [0.4, 0.5) is 10.5 Å². The quantitative estimate of drug-likeness (QED) is 0.609. The first-order valence-electron chi connectivity index (χ1n) is 11.3. The third-order valence-electron chi connectivity index (χ3n) is 5.19. The molecule has 1 aliphatic rings. The van der Waals surface area contributed by atoms with Crippen LogP contribution in [-0.2, 0) is 14.8 Å². The smallest absolute Gasteiger partial charge is 0.409 e. The minimum atomic E-state index is -3.77. The Morgan fingerprint density at radius 3 is 2.09 bits per heavy atom. The Kier molecular flexibility index (Phi) is 8.38.